The van der Waals surface area contributed by atoms with Crippen LogP contribution in [0.1, 0.15) is 15.9 Å². The van der Waals surface area contributed by atoms with Crippen molar-refractivity contribution in [1.29, 1.82) is 0 Å². The summed E-state index contributed by atoms with van der Waals surface area (Å²) in [6.45, 7) is 1.36. The van der Waals surface area contributed by atoms with Crippen LogP contribution in [-0.4, -0.2) is 33.9 Å². The molecule has 0 bridgehead atoms. The van der Waals surface area contributed by atoms with Crippen LogP contribution in [0.15, 0.2) is 21.9 Å². The van der Waals surface area contributed by atoms with Gasteiger partial charge in [-0.25, -0.2) is 13.2 Å². The number of carboxylic acid groups (broad SMARTS) is 1. The van der Waals surface area contributed by atoms with E-state index >= 15 is 0 Å². The molecule has 118 valence electrons. The van der Waals surface area contributed by atoms with Crippen LogP contribution in [0.3, 0.4) is 0 Å². The first kappa shape index (κ1) is 19.0. The smallest absolute Gasteiger partial charge is 0.337 e. The van der Waals surface area contributed by atoms with Crippen LogP contribution in [-0.2, 0) is 20.0 Å². The van der Waals surface area contributed by atoms with E-state index in [9.17, 15) is 26.2 Å². The summed E-state index contributed by atoms with van der Waals surface area (Å²) in [6.07, 6.45) is 0. The van der Waals surface area contributed by atoms with Crippen LogP contribution >= 0.6 is 47.8 Å². The van der Waals surface area contributed by atoms with Crippen molar-refractivity contribution in [3.8, 4) is 0 Å². The van der Waals surface area contributed by atoms with Crippen molar-refractivity contribution in [3.63, 3.8) is 0 Å². The van der Waals surface area contributed by atoms with Gasteiger partial charge in [0.2, 0.25) is 11.3 Å². The lowest BCUT2D eigenvalue weighted by molar-refractivity contribution is 0.0692. The molecule has 0 amide bonds. The zero-order chi connectivity index (χ0) is 16.8. The van der Waals surface area contributed by atoms with Crippen molar-refractivity contribution in [2.75, 3.05) is 0 Å². The normalized spacial score (nSPS) is 13.2. The molecular formula is C9H7Br3O7S2. The van der Waals surface area contributed by atoms with Gasteiger partial charge >= 0.3 is 5.97 Å². The number of sulfone groups is 1. The molecule has 1 aromatic rings. The van der Waals surface area contributed by atoms with Gasteiger partial charge in [-0.3, -0.25) is 4.55 Å². The zero-order valence-electron chi connectivity index (χ0n) is 10.0. The van der Waals surface area contributed by atoms with Crippen molar-refractivity contribution in [2.24, 2.45) is 0 Å². The molecule has 1 rings (SSSR count). The Kier molecular flexibility index (Phi) is 5.34. The molecule has 7 nitrogen and oxygen atoms in total. The standard InChI is InChI=1S/C9H7Br3O7S2/c1-4-2-5(8(13)14)7(6(3-4)21(17,18)19)20(15,16)9(10,11)12/h2-3H,1H3,(H,13,14)(H,17,18,19). The van der Waals surface area contributed by atoms with Crippen molar-refractivity contribution >= 4 is 73.7 Å². The Labute approximate surface area is 145 Å². The molecule has 0 aromatic heterocycles. The molecule has 0 aliphatic heterocycles. The van der Waals surface area contributed by atoms with E-state index in [1.54, 1.807) is 0 Å². The highest BCUT2D eigenvalue weighted by Gasteiger charge is 2.43. The fraction of sp³-hybridized carbons (Fsp3) is 0.222. The number of aromatic carboxylic acids is 1. The fourth-order valence-corrected chi connectivity index (χ4v) is 5.26. The number of rotatable bonds is 3. The van der Waals surface area contributed by atoms with Gasteiger partial charge in [-0.2, -0.15) is 8.42 Å². The lowest BCUT2D eigenvalue weighted by atomic mass is 10.1. The Hall–Kier alpha value is -0.01000. The summed E-state index contributed by atoms with van der Waals surface area (Å²) in [4.78, 5) is 9.19. The minimum Gasteiger partial charge on any atom is -0.478 e. The summed E-state index contributed by atoms with van der Waals surface area (Å²) in [5, 5.41) is 9.12. The van der Waals surface area contributed by atoms with Gasteiger partial charge in [-0.15, -0.1) is 0 Å². The number of carbonyl (C=O) groups is 1. The number of halogens is 3. The Morgan fingerprint density at radius 1 is 1.14 bits per heavy atom. The highest BCUT2D eigenvalue weighted by Crippen LogP contribution is 2.45. The largest absolute Gasteiger partial charge is 0.478 e. The van der Waals surface area contributed by atoms with Crippen LogP contribution in [0.25, 0.3) is 0 Å². The Balaban J connectivity index is 4.09. The second-order valence-corrected chi connectivity index (χ2v) is 15.6. The first-order valence-electron chi connectivity index (χ1n) is 4.86. The monoisotopic (exact) mass is 528 g/mol. The van der Waals surface area contributed by atoms with E-state index in [0.29, 0.717) is 0 Å². The van der Waals surface area contributed by atoms with E-state index in [4.69, 9.17) is 5.11 Å². The summed E-state index contributed by atoms with van der Waals surface area (Å²) in [7, 11) is -9.51. The van der Waals surface area contributed by atoms with Gasteiger partial charge in [0.15, 0.2) is 0 Å². The van der Waals surface area contributed by atoms with Crippen molar-refractivity contribution in [1.82, 2.24) is 0 Å². The number of carboxylic acids is 1. The third-order valence-corrected chi connectivity index (χ3v) is 8.71. The van der Waals surface area contributed by atoms with E-state index in [-0.39, 0.29) is 5.56 Å². The van der Waals surface area contributed by atoms with Crippen molar-refractivity contribution < 1.29 is 31.3 Å². The molecule has 0 radical (unpaired) electrons. The fourth-order valence-electron chi connectivity index (χ4n) is 1.48. The van der Waals surface area contributed by atoms with Crippen LogP contribution < -0.4 is 0 Å². The molecule has 0 aliphatic rings. The van der Waals surface area contributed by atoms with E-state index < -0.39 is 42.8 Å². The molecular weight excluding hydrogens is 524 g/mol. The molecule has 1 aromatic carbocycles. The van der Waals surface area contributed by atoms with E-state index in [0.717, 1.165) is 12.1 Å². The summed E-state index contributed by atoms with van der Waals surface area (Å²) in [6, 6.07) is 1.86. The Bertz CT molecular complexity index is 806. The number of alkyl halides is 3. The van der Waals surface area contributed by atoms with Gasteiger partial charge in [0.25, 0.3) is 10.1 Å². The predicted octanol–water partition coefficient (Wildman–Crippen LogP) is 2.51. The van der Waals surface area contributed by atoms with Gasteiger partial charge in [-0.1, -0.05) is 0 Å². The number of hydrogen-bond acceptors (Lipinski definition) is 5. The van der Waals surface area contributed by atoms with Crippen molar-refractivity contribution in [2.45, 2.75) is 18.2 Å². The summed E-state index contributed by atoms with van der Waals surface area (Å²) in [5.41, 5.74) is -0.617. The summed E-state index contributed by atoms with van der Waals surface area (Å²) >= 11 is 8.15. The molecule has 0 fully saturated rings. The number of benzene rings is 1. The molecule has 0 spiro atoms. The predicted molar refractivity (Wildman–Crippen MR) is 84.7 cm³/mol. The molecule has 0 saturated heterocycles. The molecule has 0 saturated carbocycles. The van der Waals surface area contributed by atoms with Crippen molar-refractivity contribution in [3.05, 3.63) is 23.3 Å². The summed E-state index contributed by atoms with van der Waals surface area (Å²) in [5.74, 6) is -1.65. The molecule has 0 unspecified atom stereocenters. The zero-order valence-corrected chi connectivity index (χ0v) is 16.4. The van der Waals surface area contributed by atoms with Gasteiger partial charge in [0, 0.05) is 0 Å². The van der Waals surface area contributed by atoms with E-state index in [1.807, 2.05) is 0 Å². The molecule has 0 heterocycles. The van der Waals surface area contributed by atoms with Gasteiger partial charge in [-0.05, 0) is 72.4 Å². The van der Waals surface area contributed by atoms with Crippen LogP contribution in [0, 0.1) is 6.92 Å². The maximum Gasteiger partial charge on any atom is 0.337 e. The second kappa shape index (κ2) is 5.89. The molecule has 21 heavy (non-hydrogen) atoms. The quantitative estimate of drug-likeness (QED) is 0.454. The highest BCUT2D eigenvalue weighted by molar-refractivity contribution is 9.42. The molecule has 0 aliphatic carbocycles. The van der Waals surface area contributed by atoms with E-state index in [2.05, 4.69) is 47.8 Å². The molecule has 2 N–H and O–H groups in total. The maximum atomic E-state index is 12.4. The first-order valence-corrected chi connectivity index (χ1v) is 10.2. The third kappa shape index (κ3) is 3.85. The van der Waals surface area contributed by atoms with E-state index in [1.165, 1.54) is 6.92 Å². The van der Waals surface area contributed by atoms with Gasteiger partial charge < -0.3 is 5.11 Å². The number of hydrogen-bond donors (Lipinski definition) is 2. The SMILES string of the molecule is Cc1cc(C(=O)O)c(S(=O)(=O)C(Br)(Br)Br)c(S(=O)(=O)O)c1. The minimum atomic E-state index is -4.96. The average Bonchev–Trinajstić information content (AvgIpc) is 2.24. The molecule has 0 atom stereocenters. The minimum absolute atomic E-state index is 0.156. The first-order chi connectivity index (χ1) is 9.19. The lowest BCUT2D eigenvalue weighted by Gasteiger charge is -2.18. The third-order valence-electron chi connectivity index (χ3n) is 2.28. The molecule has 12 heteroatoms. The van der Waals surface area contributed by atoms with Crippen LogP contribution in [0.5, 0.6) is 0 Å². The lowest BCUT2D eigenvalue weighted by Crippen LogP contribution is -2.24. The number of aryl methyl sites for hydroxylation is 1. The van der Waals surface area contributed by atoms with Crippen LogP contribution in [0.4, 0.5) is 0 Å². The second-order valence-electron chi connectivity index (χ2n) is 3.87. The average molecular weight is 531 g/mol. The summed E-state index contributed by atoms with van der Waals surface area (Å²) < 4.78 is 54.8. The van der Waals surface area contributed by atoms with Crippen LogP contribution in [0.2, 0.25) is 0 Å². The Morgan fingerprint density at radius 2 is 1.62 bits per heavy atom. The van der Waals surface area contributed by atoms with Gasteiger partial charge in [0.1, 0.15) is 9.79 Å². The Morgan fingerprint density at radius 3 is 1.95 bits per heavy atom. The highest BCUT2D eigenvalue weighted by atomic mass is 80.0. The topological polar surface area (TPSA) is 126 Å². The van der Waals surface area contributed by atoms with Gasteiger partial charge in [0.05, 0.1) is 5.56 Å². The maximum absolute atomic E-state index is 12.4.